The molecule has 4 aromatic rings. The molecule has 12 nitrogen and oxygen atoms in total. The number of carbonyl (C=O) groups is 4. The van der Waals surface area contributed by atoms with E-state index in [1.807, 2.05) is 0 Å². The van der Waals surface area contributed by atoms with E-state index in [2.05, 4.69) is 21.1 Å². The van der Waals surface area contributed by atoms with Crippen LogP contribution in [0.25, 0.3) is 0 Å². The summed E-state index contributed by atoms with van der Waals surface area (Å²) in [5.41, 5.74) is 6.58. The fraction of sp³-hybridized carbons (Fsp3) is 0.167. The molecular weight excluding hydrogens is 616 g/mol. The first-order valence-corrected chi connectivity index (χ1v) is 14.9. The zero-order valence-electron chi connectivity index (χ0n) is 26.4. The minimum Gasteiger partial charge on any atom is -0.497 e. The molecule has 0 saturated carbocycles. The van der Waals surface area contributed by atoms with Gasteiger partial charge < -0.3 is 18.9 Å². The van der Waals surface area contributed by atoms with Crippen LogP contribution in [0, 0.1) is 0 Å². The van der Waals surface area contributed by atoms with Crippen LogP contribution in [0.3, 0.4) is 0 Å². The second-order valence-electron chi connectivity index (χ2n) is 10.1. The minimum absolute atomic E-state index is 0.148. The third-order valence-corrected chi connectivity index (χ3v) is 6.74. The highest BCUT2D eigenvalue weighted by Crippen LogP contribution is 2.20. The standard InChI is InChI=1S/C36H34N4O8/c1-45-29-19-15-25(16-20-29)35(43)47-31-11-5-3-9-27(31)23-37-39-33(41)13-7-8-14-34(42)40-38-24-28-10-4-6-12-32(28)48-36(44)26-17-21-30(46-2)22-18-26/h3-6,9-12,15-24H,7-8,13-14H2,1-2H3,(H,39,41)(H,40,42)/b37-23+,38-24+. The Hall–Kier alpha value is -6.30. The number of para-hydroxylation sites is 2. The summed E-state index contributed by atoms with van der Waals surface area (Å²) in [6, 6.07) is 26.6. The number of nitrogens with one attached hydrogen (secondary N) is 2. The second-order valence-corrected chi connectivity index (χ2v) is 10.1. The van der Waals surface area contributed by atoms with Gasteiger partial charge in [-0.05, 0) is 85.6 Å². The highest BCUT2D eigenvalue weighted by Gasteiger charge is 2.13. The Labute approximate surface area is 277 Å². The monoisotopic (exact) mass is 650 g/mol. The number of unbranched alkanes of at least 4 members (excludes halogenated alkanes) is 1. The van der Waals surface area contributed by atoms with E-state index in [0.29, 0.717) is 46.6 Å². The SMILES string of the molecule is COc1ccc(C(=O)Oc2ccccc2/C=N/NC(=O)CCCCC(=O)N/N=C/c2ccccc2OC(=O)c2ccc(OC)cc2)cc1. The molecule has 0 aliphatic carbocycles. The Balaban J connectivity index is 1.16. The lowest BCUT2D eigenvalue weighted by Gasteiger charge is -2.08. The maximum Gasteiger partial charge on any atom is 0.343 e. The van der Waals surface area contributed by atoms with E-state index in [-0.39, 0.29) is 36.2 Å². The van der Waals surface area contributed by atoms with Crippen molar-refractivity contribution < 1.29 is 38.1 Å². The van der Waals surface area contributed by atoms with Gasteiger partial charge in [-0.2, -0.15) is 10.2 Å². The second kappa shape index (κ2) is 18.0. The Morgan fingerprint density at radius 1 is 0.562 bits per heavy atom. The van der Waals surface area contributed by atoms with Gasteiger partial charge in [-0.1, -0.05) is 24.3 Å². The molecule has 2 amide bonds. The maximum atomic E-state index is 12.5. The molecule has 12 heteroatoms. The topological polar surface area (TPSA) is 154 Å². The van der Waals surface area contributed by atoms with Crippen LogP contribution < -0.4 is 29.8 Å². The number of esters is 2. The van der Waals surface area contributed by atoms with Crippen molar-refractivity contribution in [2.45, 2.75) is 25.7 Å². The van der Waals surface area contributed by atoms with Crippen LogP contribution in [0.15, 0.2) is 107 Å². The molecule has 0 aliphatic heterocycles. The van der Waals surface area contributed by atoms with Crippen molar-refractivity contribution in [2.75, 3.05) is 14.2 Å². The smallest absolute Gasteiger partial charge is 0.343 e. The molecule has 0 radical (unpaired) electrons. The molecule has 246 valence electrons. The van der Waals surface area contributed by atoms with Crippen molar-refractivity contribution in [2.24, 2.45) is 10.2 Å². The third-order valence-electron chi connectivity index (χ3n) is 6.74. The Kier molecular flexibility index (Phi) is 13.0. The first kappa shape index (κ1) is 34.6. The fourth-order valence-corrected chi connectivity index (χ4v) is 4.16. The van der Waals surface area contributed by atoms with Crippen LogP contribution in [-0.2, 0) is 9.59 Å². The predicted molar refractivity (Wildman–Crippen MR) is 179 cm³/mol. The molecule has 0 spiro atoms. The van der Waals surface area contributed by atoms with E-state index >= 15 is 0 Å². The van der Waals surface area contributed by atoms with Crippen molar-refractivity contribution in [1.29, 1.82) is 0 Å². The lowest BCUT2D eigenvalue weighted by molar-refractivity contribution is -0.123. The zero-order valence-corrected chi connectivity index (χ0v) is 26.4. The van der Waals surface area contributed by atoms with Gasteiger partial charge in [-0.15, -0.1) is 0 Å². The molecule has 48 heavy (non-hydrogen) atoms. The molecule has 0 aliphatic rings. The number of benzene rings is 4. The van der Waals surface area contributed by atoms with Crippen LogP contribution in [0.2, 0.25) is 0 Å². The average Bonchev–Trinajstić information content (AvgIpc) is 3.11. The van der Waals surface area contributed by atoms with Crippen LogP contribution in [0.1, 0.15) is 57.5 Å². The Morgan fingerprint density at radius 2 is 0.938 bits per heavy atom. The van der Waals surface area contributed by atoms with Crippen LogP contribution in [0.5, 0.6) is 23.0 Å². The number of amides is 2. The summed E-state index contributed by atoms with van der Waals surface area (Å²) in [6.07, 6.45) is 3.96. The highest BCUT2D eigenvalue weighted by molar-refractivity contribution is 5.94. The molecule has 2 N–H and O–H groups in total. The molecule has 0 heterocycles. The van der Waals surface area contributed by atoms with E-state index in [4.69, 9.17) is 18.9 Å². The molecule has 0 bridgehead atoms. The summed E-state index contributed by atoms with van der Waals surface area (Å²) >= 11 is 0. The Bertz CT molecular complexity index is 1640. The van der Waals surface area contributed by atoms with Crippen molar-refractivity contribution in [1.82, 2.24) is 10.9 Å². The molecule has 0 aromatic heterocycles. The highest BCUT2D eigenvalue weighted by atomic mass is 16.5. The number of rotatable bonds is 15. The van der Waals surface area contributed by atoms with E-state index < -0.39 is 11.9 Å². The van der Waals surface area contributed by atoms with Gasteiger partial charge in [0.1, 0.15) is 23.0 Å². The molecular formula is C36H34N4O8. The fourth-order valence-electron chi connectivity index (χ4n) is 4.16. The molecule has 0 atom stereocenters. The molecule has 0 unspecified atom stereocenters. The van der Waals surface area contributed by atoms with Gasteiger partial charge in [-0.3, -0.25) is 9.59 Å². The van der Waals surface area contributed by atoms with Crippen molar-refractivity contribution in [3.63, 3.8) is 0 Å². The maximum absolute atomic E-state index is 12.5. The first-order chi connectivity index (χ1) is 23.4. The lowest BCUT2D eigenvalue weighted by Crippen LogP contribution is -2.19. The van der Waals surface area contributed by atoms with E-state index in [1.165, 1.54) is 26.6 Å². The van der Waals surface area contributed by atoms with Crippen LogP contribution in [0.4, 0.5) is 0 Å². The summed E-state index contributed by atoms with van der Waals surface area (Å²) in [6.45, 7) is 0. The number of ether oxygens (including phenoxy) is 4. The number of hydrogen-bond acceptors (Lipinski definition) is 10. The summed E-state index contributed by atoms with van der Waals surface area (Å²) < 4.78 is 21.2. The summed E-state index contributed by atoms with van der Waals surface area (Å²) in [4.78, 5) is 49.6. The first-order valence-electron chi connectivity index (χ1n) is 14.9. The van der Waals surface area contributed by atoms with Gasteiger partial charge in [0.15, 0.2) is 0 Å². The number of carbonyl (C=O) groups excluding carboxylic acids is 4. The molecule has 0 fully saturated rings. The number of nitrogens with zero attached hydrogens (tertiary/aromatic N) is 2. The van der Waals surface area contributed by atoms with Crippen molar-refractivity contribution in [3.8, 4) is 23.0 Å². The van der Waals surface area contributed by atoms with Crippen LogP contribution in [-0.4, -0.2) is 50.4 Å². The lowest BCUT2D eigenvalue weighted by atomic mass is 10.2. The summed E-state index contributed by atoms with van der Waals surface area (Å²) in [7, 11) is 3.08. The molecule has 0 saturated heterocycles. The van der Waals surface area contributed by atoms with Gasteiger partial charge in [0.25, 0.3) is 0 Å². The number of hydrazone groups is 2. The van der Waals surface area contributed by atoms with Gasteiger partial charge in [0.2, 0.25) is 11.8 Å². The third kappa shape index (κ3) is 10.7. The van der Waals surface area contributed by atoms with Crippen molar-refractivity contribution >= 4 is 36.2 Å². The average molecular weight is 651 g/mol. The zero-order chi connectivity index (χ0) is 34.1. The largest absolute Gasteiger partial charge is 0.497 e. The van der Waals surface area contributed by atoms with E-state index in [9.17, 15) is 19.2 Å². The number of methoxy groups -OCH3 is 2. The van der Waals surface area contributed by atoms with Gasteiger partial charge >= 0.3 is 11.9 Å². The Morgan fingerprint density at radius 3 is 1.31 bits per heavy atom. The van der Waals surface area contributed by atoms with Gasteiger partial charge in [-0.25, -0.2) is 20.4 Å². The van der Waals surface area contributed by atoms with E-state index in [0.717, 1.165) is 0 Å². The van der Waals surface area contributed by atoms with Crippen LogP contribution >= 0.6 is 0 Å². The summed E-state index contributed by atoms with van der Waals surface area (Å²) in [5.74, 6) is 0.0345. The molecule has 4 aromatic carbocycles. The normalized spacial score (nSPS) is 10.8. The number of hydrogen-bond donors (Lipinski definition) is 2. The van der Waals surface area contributed by atoms with E-state index in [1.54, 1.807) is 97.1 Å². The van der Waals surface area contributed by atoms with Gasteiger partial charge in [0, 0.05) is 24.0 Å². The minimum atomic E-state index is -0.548. The van der Waals surface area contributed by atoms with Gasteiger partial charge in [0.05, 0.1) is 37.8 Å². The summed E-state index contributed by atoms with van der Waals surface area (Å²) in [5, 5.41) is 7.94. The predicted octanol–water partition coefficient (Wildman–Crippen LogP) is 5.30. The molecule has 4 rings (SSSR count). The van der Waals surface area contributed by atoms with Crippen molar-refractivity contribution in [3.05, 3.63) is 119 Å². The quantitative estimate of drug-likeness (QED) is 0.0578.